The number of nitrogens with two attached hydrogens (primary N) is 1. The summed E-state index contributed by atoms with van der Waals surface area (Å²) < 4.78 is 18.4. The van der Waals surface area contributed by atoms with Gasteiger partial charge in [-0.1, -0.05) is 6.92 Å². The molecule has 0 aromatic heterocycles. The van der Waals surface area contributed by atoms with Crippen molar-refractivity contribution < 1.29 is 9.13 Å². The topological polar surface area (TPSA) is 38.5 Å². The highest BCUT2D eigenvalue weighted by Crippen LogP contribution is 2.22. The molecule has 1 heterocycles. The third-order valence-electron chi connectivity index (χ3n) is 4.04. The van der Waals surface area contributed by atoms with Gasteiger partial charge in [-0.3, -0.25) is 4.90 Å². The van der Waals surface area contributed by atoms with Crippen LogP contribution in [0.15, 0.2) is 24.3 Å². The fourth-order valence-electron chi connectivity index (χ4n) is 2.83. The molecule has 2 atom stereocenters. The van der Waals surface area contributed by atoms with Gasteiger partial charge >= 0.3 is 0 Å². The number of benzene rings is 1. The lowest BCUT2D eigenvalue weighted by Gasteiger charge is -2.37. The van der Waals surface area contributed by atoms with Gasteiger partial charge in [-0.2, -0.15) is 0 Å². The average Bonchev–Trinajstić information content (AvgIpc) is 2.46. The van der Waals surface area contributed by atoms with Gasteiger partial charge in [-0.25, -0.2) is 4.39 Å². The first-order valence-electron chi connectivity index (χ1n) is 7.51. The van der Waals surface area contributed by atoms with Gasteiger partial charge in [0.2, 0.25) is 0 Å². The van der Waals surface area contributed by atoms with Crippen molar-refractivity contribution in [2.24, 2.45) is 11.7 Å². The Balaban J connectivity index is 1.68. The van der Waals surface area contributed by atoms with Gasteiger partial charge < -0.3 is 10.5 Å². The van der Waals surface area contributed by atoms with Crippen LogP contribution in [0, 0.1) is 11.7 Å². The minimum absolute atomic E-state index is 0.231. The van der Waals surface area contributed by atoms with Crippen LogP contribution in [0.5, 0.6) is 5.75 Å². The van der Waals surface area contributed by atoms with Crippen LogP contribution in [0.25, 0.3) is 0 Å². The summed E-state index contributed by atoms with van der Waals surface area (Å²) >= 11 is 0. The number of likely N-dealkylation sites (tertiary alicyclic amines) is 1. The quantitative estimate of drug-likeness (QED) is 0.814. The molecule has 4 heteroatoms. The Morgan fingerprint density at radius 1 is 1.35 bits per heavy atom. The van der Waals surface area contributed by atoms with Crippen molar-refractivity contribution in [2.75, 3.05) is 26.2 Å². The molecule has 0 aliphatic carbocycles. The zero-order valence-electron chi connectivity index (χ0n) is 12.2. The van der Waals surface area contributed by atoms with Crippen molar-refractivity contribution in [2.45, 2.75) is 32.2 Å². The summed E-state index contributed by atoms with van der Waals surface area (Å²) in [5.41, 5.74) is 5.86. The van der Waals surface area contributed by atoms with Crippen LogP contribution in [0.2, 0.25) is 0 Å². The summed E-state index contributed by atoms with van der Waals surface area (Å²) in [6.07, 6.45) is 3.44. The van der Waals surface area contributed by atoms with E-state index < -0.39 is 0 Å². The molecule has 0 saturated carbocycles. The highest BCUT2D eigenvalue weighted by molar-refractivity contribution is 5.21. The zero-order valence-corrected chi connectivity index (χ0v) is 12.2. The fraction of sp³-hybridized carbons (Fsp3) is 0.625. The molecule has 1 aromatic carbocycles. The Hall–Kier alpha value is -1.13. The van der Waals surface area contributed by atoms with Crippen LogP contribution in [0.3, 0.4) is 0 Å². The first kappa shape index (κ1) is 15.3. The molecule has 1 fully saturated rings. The summed E-state index contributed by atoms with van der Waals surface area (Å²) in [6.45, 7) is 5.87. The van der Waals surface area contributed by atoms with Crippen LogP contribution in [-0.4, -0.2) is 37.2 Å². The molecule has 3 nitrogen and oxygen atoms in total. The van der Waals surface area contributed by atoms with E-state index in [9.17, 15) is 4.39 Å². The van der Waals surface area contributed by atoms with Crippen LogP contribution < -0.4 is 10.5 Å². The molecule has 0 amide bonds. The molecule has 1 aliphatic heterocycles. The summed E-state index contributed by atoms with van der Waals surface area (Å²) in [5.74, 6) is 1.29. The molecule has 1 aliphatic rings. The van der Waals surface area contributed by atoms with Crippen LogP contribution in [-0.2, 0) is 0 Å². The van der Waals surface area contributed by atoms with Crippen LogP contribution >= 0.6 is 0 Å². The molecule has 20 heavy (non-hydrogen) atoms. The smallest absolute Gasteiger partial charge is 0.123 e. The number of rotatable bonds is 6. The standard InChI is InChI=1S/C16H25FN2O/c1-13-7-9-19(15(11-13)12-18)8-2-10-20-16-5-3-14(17)4-6-16/h3-6,13,15H,2,7-12,18H2,1H3. The lowest BCUT2D eigenvalue weighted by molar-refractivity contribution is 0.115. The van der Waals surface area contributed by atoms with Crippen molar-refractivity contribution in [3.05, 3.63) is 30.1 Å². The molecule has 0 bridgehead atoms. The van der Waals surface area contributed by atoms with Crippen molar-refractivity contribution in [1.29, 1.82) is 0 Å². The lowest BCUT2D eigenvalue weighted by atomic mass is 9.92. The van der Waals surface area contributed by atoms with E-state index in [-0.39, 0.29) is 5.82 Å². The molecule has 1 aromatic rings. The van der Waals surface area contributed by atoms with Gasteiger partial charge in [-0.05, 0) is 56.0 Å². The average molecular weight is 280 g/mol. The van der Waals surface area contributed by atoms with E-state index in [0.717, 1.165) is 37.7 Å². The van der Waals surface area contributed by atoms with Gasteiger partial charge in [0, 0.05) is 19.1 Å². The van der Waals surface area contributed by atoms with Gasteiger partial charge in [0.25, 0.3) is 0 Å². The van der Waals surface area contributed by atoms with E-state index >= 15 is 0 Å². The van der Waals surface area contributed by atoms with Crippen molar-refractivity contribution >= 4 is 0 Å². The second kappa shape index (κ2) is 7.60. The second-order valence-corrected chi connectivity index (χ2v) is 5.71. The molecule has 2 rings (SSSR count). The number of nitrogens with zero attached hydrogens (tertiary/aromatic N) is 1. The highest BCUT2D eigenvalue weighted by Gasteiger charge is 2.24. The van der Waals surface area contributed by atoms with Crippen LogP contribution in [0.1, 0.15) is 26.2 Å². The number of hydrogen-bond donors (Lipinski definition) is 1. The number of halogens is 1. The first-order valence-corrected chi connectivity index (χ1v) is 7.51. The van der Waals surface area contributed by atoms with Crippen molar-refractivity contribution in [1.82, 2.24) is 4.90 Å². The molecule has 112 valence electrons. The maximum Gasteiger partial charge on any atom is 0.123 e. The number of hydrogen-bond acceptors (Lipinski definition) is 3. The van der Waals surface area contributed by atoms with E-state index in [1.165, 1.54) is 25.0 Å². The summed E-state index contributed by atoms with van der Waals surface area (Å²) in [5, 5.41) is 0. The normalized spacial score (nSPS) is 23.8. The number of piperidine rings is 1. The maximum atomic E-state index is 12.8. The van der Waals surface area contributed by atoms with Crippen molar-refractivity contribution in [3.8, 4) is 5.75 Å². The van der Waals surface area contributed by atoms with E-state index in [1.807, 2.05) is 0 Å². The van der Waals surface area contributed by atoms with E-state index in [0.29, 0.717) is 12.6 Å². The van der Waals surface area contributed by atoms with Gasteiger partial charge in [0.15, 0.2) is 0 Å². The van der Waals surface area contributed by atoms with E-state index in [1.54, 1.807) is 12.1 Å². The van der Waals surface area contributed by atoms with E-state index in [2.05, 4.69) is 11.8 Å². The van der Waals surface area contributed by atoms with Gasteiger partial charge in [0.1, 0.15) is 11.6 Å². The van der Waals surface area contributed by atoms with E-state index in [4.69, 9.17) is 10.5 Å². The predicted octanol–water partition coefficient (Wildman–Crippen LogP) is 2.65. The Morgan fingerprint density at radius 3 is 2.80 bits per heavy atom. The molecule has 2 N–H and O–H groups in total. The molecular weight excluding hydrogens is 255 g/mol. The minimum atomic E-state index is -0.231. The van der Waals surface area contributed by atoms with Gasteiger partial charge in [0.05, 0.1) is 6.61 Å². The lowest BCUT2D eigenvalue weighted by Crippen LogP contribution is -2.46. The minimum Gasteiger partial charge on any atom is -0.494 e. The Kier molecular flexibility index (Phi) is 5.80. The fourth-order valence-corrected chi connectivity index (χ4v) is 2.83. The highest BCUT2D eigenvalue weighted by atomic mass is 19.1. The third-order valence-corrected chi connectivity index (χ3v) is 4.04. The summed E-state index contributed by atoms with van der Waals surface area (Å²) in [4.78, 5) is 2.48. The second-order valence-electron chi connectivity index (χ2n) is 5.71. The first-order chi connectivity index (χ1) is 9.69. The van der Waals surface area contributed by atoms with Crippen LogP contribution in [0.4, 0.5) is 4.39 Å². The third kappa shape index (κ3) is 4.46. The SMILES string of the molecule is CC1CCN(CCCOc2ccc(F)cc2)C(CN)C1. The molecule has 2 unspecified atom stereocenters. The van der Waals surface area contributed by atoms with Crippen molar-refractivity contribution in [3.63, 3.8) is 0 Å². The zero-order chi connectivity index (χ0) is 14.4. The summed E-state index contributed by atoms with van der Waals surface area (Å²) in [6, 6.07) is 6.70. The summed E-state index contributed by atoms with van der Waals surface area (Å²) in [7, 11) is 0. The van der Waals surface area contributed by atoms with Gasteiger partial charge in [-0.15, -0.1) is 0 Å². The Morgan fingerprint density at radius 2 is 2.10 bits per heavy atom. The Bertz CT molecular complexity index is 396. The monoisotopic (exact) mass is 280 g/mol. The molecular formula is C16H25FN2O. The molecule has 1 saturated heterocycles. The number of ether oxygens (including phenoxy) is 1. The Labute approximate surface area is 120 Å². The largest absolute Gasteiger partial charge is 0.494 e. The molecule has 0 radical (unpaired) electrons. The maximum absolute atomic E-state index is 12.8. The molecule has 0 spiro atoms. The predicted molar refractivity (Wildman–Crippen MR) is 79.3 cm³/mol.